The number of hydrogen-bond acceptors (Lipinski definition) is 6. The van der Waals surface area contributed by atoms with Crippen molar-refractivity contribution in [1.29, 1.82) is 5.26 Å². The lowest BCUT2D eigenvalue weighted by atomic mass is 10.2. The summed E-state index contributed by atoms with van der Waals surface area (Å²) in [6.45, 7) is 3.12. The van der Waals surface area contributed by atoms with Crippen molar-refractivity contribution < 1.29 is 4.79 Å². The Morgan fingerprint density at radius 1 is 1.70 bits per heavy atom. The summed E-state index contributed by atoms with van der Waals surface area (Å²) < 4.78 is 0. The lowest BCUT2D eigenvalue weighted by molar-refractivity contribution is -0.127. The Hall–Kier alpha value is -1.49. The van der Waals surface area contributed by atoms with Crippen LogP contribution >= 0.6 is 11.3 Å². The number of nitrogens with one attached hydrogen (secondary N) is 1. The summed E-state index contributed by atoms with van der Waals surface area (Å²) in [6, 6.07) is 2.21. The second-order valence-electron chi connectivity index (χ2n) is 5.02. The second kappa shape index (κ2) is 6.79. The molecular weight excluding hydrogens is 274 g/mol. The molecule has 0 aromatic carbocycles. The van der Waals surface area contributed by atoms with E-state index in [-0.39, 0.29) is 11.9 Å². The van der Waals surface area contributed by atoms with Crippen LogP contribution in [0.4, 0.5) is 0 Å². The first-order valence-corrected chi connectivity index (χ1v) is 7.46. The monoisotopic (exact) mass is 293 g/mol. The zero-order chi connectivity index (χ0) is 14.5. The average molecular weight is 293 g/mol. The molecule has 1 amide bonds. The number of thiazole rings is 1. The van der Waals surface area contributed by atoms with Crippen molar-refractivity contribution in [3.63, 3.8) is 0 Å². The first-order valence-electron chi connectivity index (χ1n) is 6.58. The number of hydrogen-bond donors (Lipinski definition) is 1. The van der Waals surface area contributed by atoms with Gasteiger partial charge in [-0.2, -0.15) is 5.26 Å². The standard InChI is InChI=1S/C13H19N5OS/c1-17(2)13(19)5-12-16-10(9-20-12)8-18-4-3-15-7-11(18)6-14/h9,11,15H,3-5,7-8H2,1-2H3. The maximum atomic E-state index is 11.6. The maximum Gasteiger partial charge on any atom is 0.228 e. The summed E-state index contributed by atoms with van der Waals surface area (Å²) in [4.78, 5) is 19.8. The van der Waals surface area contributed by atoms with E-state index < -0.39 is 0 Å². The molecule has 1 fully saturated rings. The molecule has 6 nitrogen and oxygen atoms in total. The molecule has 20 heavy (non-hydrogen) atoms. The molecule has 0 aliphatic carbocycles. The Bertz CT molecular complexity index is 507. The summed E-state index contributed by atoms with van der Waals surface area (Å²) in [7, 11) is 3.49. The van der Waals surface area contributed by atoms with Gasteiger partial charge in [-0.1, -0.05) is 0 Å². The highest BCUT2D eigenvalue weighted by Crippen LogP contribution is 2.15. The van der Waals surface area contributed by atoms with Gasteiger partial charge in [-0.15, -0.1) is 11.3 Å². The van der Waals surface area contributed by atoms with Crippen LogP contribution in [0.5, 0.6) is 0 Å². The van der Waals surface area contributed by atoms with Crippen molar-refractivity contribution >= 4 is 17.2 Å². The fourth-order valence-electron chi connectivity index (χ4n) is 2.06. The van der Waals surface area contributed by atoms with Crippen LogP contribution < -0.4 is 5.32 Å². The molecule has 1 aliphatic heterocycles. The lowest BCUT2D eigenvalue weighted by Gasteiger charge is -2.31. The van der Waals surface area contributed by atoms with Crippen LogP contribution in [0.3, 0.4) is 0 Å². The highest BCUT2D eigenvalue weighted by molar-refractivity contribution is 7.09. The van der Waals surface area contributed by atoms with E-state index in [9.17, 15) is 4.79 Å². The Labute approximate surface area is 123 Å². The number of aromatic nitrogens is 1. The van der Waals surface area contributed by atoms with Gasteiger partial charge < -0.3 is 10.2 Å². The third kappa shape index (κ3) is 3.76. The smallest absolute Gasteiger partial charge is 0.228 e. The molecule has 1 unspecified atom stereocenters. The highest BCUT2D eigenvalue weighted by atomic mass is 32.1. The van der Waals surface area contributed by atoms with Crippen LogP contribution in [-0.4, -0.2) is 60.5 Å². The predicted octanol–water partition coefficient (Wildman–Crippen LogP) is 0.0712. The molecule has 1 aromatic rings. The van der Waals surface area contributed by atoms with Crippen LogP contribution in [0.2, 0.25) is 0 Å². The normalized spacial score (nSPS) is 19.6. The molecule has 108 valence electrons. The molecule has 2 rings (SSSR count). The SMILES string of the molecule is CN(C)C(=O)Cc1nc(CN2CCNCC2C#N)cs1. The van der Waals surface area contributed by atoms with E-state index in [1.807, 2.05) is 5.38 Å². The van der Waals surface area contributed by atoms with Crippen molar-refractivity contribution in [3.8, 4) is 6.07 Å². The van der Waals surface area contributed by atoms with Crippen LogP contribution in [-0.2, 0) is 17.8 Å². The van der Waals surface area contributed by atoms with Crippen LogP contribution in [0.15, 0.2) is 5.38 Å². The summed E-state index contributed by atoms with van der Waals surface area (Å²) in [5.41, 5.74) is 0.943. The summed E-state index contributed by atoms with van der Waals surface area (Å²) in [5, 5.41) is 15.2. The van der Waals surface area contributed by atoms with E-state index in [1.165, 1.54) is 11.3 Å². The minimum atomic E-state index is -0.0997. The lowest BCUT2D eigenvalue weighted by Crippen LogP contribution is -2.50. The van der Waals surface area contributed by atoms with Crippen LogP contribution in [0.25, 0.3) is 0 Å². The van der Waals surface area contributed by atoms with E-state index in [2.05, 4.69) is 21.3 Å². The summed E-state index contributed by atoms with van der Waals surface area (Å²) in [6.07, 6.45) is 0.348. The number of likely N-dealkylation sites (N-methyl/N-ethyl adjacent to an activating group) is 1. The zero-order valence-corrected chi connectivity index (χ0v) is 12.6. The zero-order valence-electron chi connectivity index (χ0n) is 11.8. The second-order valence-corrected chi connectivity index (χ2v) is 5.96. The average Bonchev–Trinajstić information content (AvgIpc) is 2.86. The van der Waals surface area contributed by atoms with Gasteiger partial charge in [0, 0.05) is 45.7 Å². The largest absolute Gasteiger partial charge is 0.348 e. The van der Waals surface area contributed by atoms with Gasteiger partial charge in [-0.25, -0.2) is 4.98 Å². The van der Waals surface area contributed by atoms with Gasteiger partial charge in [0.05, 0.1) is 18.2 Å². The van der Waals surface area contributed by atoms with Gasteiger partial charge in [-0.3, -0.25) is 9.69 Å². The van der Waals surface area contributed by atoms with E-state index >= 15 is 0 Å². The molecule has 2 heterocycles. The highest BCUT2D eigenvalue weighted by Gasteiger charge is 2.22. The first kappa shape index (κ1) is 14.9. The number of nitrogens with zero attached hydrogens (tertiary/aromatic N) is 4. The van der Waals surface area contributed by atoms with Crippen molar-refractivity contribution in [3.05, 3.63) is 16.1 Å². The molecular formula is C13H19N5OS. The van der Waals surface area contributed by atoms with Gasteiger partial charge in [0.25, 0.3) is 0 Å². The van der Waals surface area contributed by atoms with Crippen molar-refractivity contribution in [2.45, 2.75) is 19.0 Å². The van der Waals surface area contributed by atoms with E-state index in [1.54, 1.807) is 19.0 Å². The van der Waals surface area contributed by atoms with E-state index in [0.29, 0.717) is 19.5 Å². The van der Waals surface area contributed by atoms with E-state index in [0.717, 1.165) is 23.8 Å². The van der Waals surface area contributed by atoms with Gasteiger partial charge >= 0.3 is 0 Å². The minimum absolute atomic E-state index is 0.0583. The molecule has 0 radical (unpaired) electrons. The van der Waals surface area contributed by atoms with Gasteiger partial charge in [0.1, 0.15) is 11.0 Å². The van der Waals surface area contributed by atoms with Gasteiger partial charge in [-0.05, 0) is 0 Å². The van der Waals surface area contributed by atoms with Gasteiger partial charge in [0.15, 0.2) is 0 Å². The molecule has 1 saturated heterocycles. The topological polar surface area (TPSA) is 72.3 Å². The first-order chi connectivity index (χ1) is 9.60. The number of amides is 1. The molecule has 7 heteroatoms. The third-order valence-electron chi connectivity index (χ3n) is 3.27. The Morgan fingerprint density at radius 3 is 3.20 bits per heavy atom. The van der Waals surface area contributed by atoms with Gasteiger partial charge in [0.2, 0.25) is 5.91 Å². The molecule has 1 N–H and O–H groups in total. The quantitative estimate of drug-likeness (QED) is 0.850. The Morgan fingerprint density at radius 2 is 2.50 bits per heavy atom. The van der Waals surface area contributed by atoms with Crippen molar-refractivity contribution in [2.24, 2.45) is 0 Å². The minimum Gasteiger partial charge on any atom is -0.348 e. The number of carbonyl (C=O) groups is 1. The predicted molar refractivity (Wildman–Crippen MR) is 77.2 cm³/mol. The van der Waals surface area contributed by atoms with Crippen LogP contribution in [0, 0.1) is 11.3 Å². The maximum absolute atomic E-state index is 11.6. The summed E-state index contributed by atoms with van der Waals surface area (Å²) >= 11 is 1.51. The number of nitriles is 1. The fourth-order valence-corrected chi connectivity index (χ4v) is 2.84. The molecule has 0 saturated carbocycles. The Kier molecular flexibility index (Phi) is 5.06. The molecule has 1 aliphatic rings. The third-order valence-corrected chi connectivity index (χ3v) is 4.17. The molecule has 0 bridgehead atoms. The molecule has 1 atom stereocenters. The van der Waals surface area contributed by atoms with Crippen molar-refractivity contribution in [1.82, 2.24) is 20.1 Å². The number of piperazine rings is 1. The molecule has 0 spiro atoms. The Balaban J connectivity index is 1.95. The summed E-state index contributed by atoms with van der Waals surface area (Å²) in [5.74, 6) is 0.0583. The fraction of sp³-hybridized carbons (Fsp3) is 0.615. The van der Waals surface area contributed by atoms with Crippen molar-refractivity contribution in [2.75, 3.05) is 33.7 Å². The van der Waals surface area contributed by atoms with E-state index in [4.69, 9.17) is 5.26 Å². The number of carbonyl (C=O) groups excluding carboxylic acids is 1. The van der Waals surface area contributed by atoms with Crippen LogP contribution in [0.1, 0.15) is 10.7 Å². The number of rotatable bonds is 4. The molecule has 1 aromatic heterocycles.